The zero-order chi connectivity index (χ0) is 12.4. The van der Waals surface area contributed by atoms with E-state index in [0.29, 0.717) is 0 Å². The SMILES string of the molecule is Cc1ccc(C(N)Cc2nccn2C)c(C)n1. The maximum absolute atomic E-state index is 6.21. The van der Waals surface area contributed by atoms with Crippen molar-refractivity contribution in [3.8, 4) is 0 Å². The minimum atomic E-state index is -0.0517. The van der Waals surface area contributed by atoms with Gasteiger partial charge in [-0.1, -0.05) is 6.07 Å². The van der Waals surface area contributed by atoms with Crippen LogP contribution in [-0.4, -0.2) is 14.5 Å². The Morgan fingerprint density at radius 1 is 1.35 bits per heavy atom. The number of pyridine rings is 1. The fourth-order valence-corrected chi connectivity index (χ4v) is 1.99. The van der Waals surface area contributed by atoms with Gasteiger partial charge in [0.25, 0.3) is 0 Å². The van der Waals surface area contributed by atoms with Crippen molar-refractivity contribution in [2.75, 3.05) is 0 Å². The Morgan fingerprint density at radius 2 is 2.12 bits per heavy atom. The molecule has 2 rings (SSSR count). The maximum atomic E-state index is 6.21. The van der Waals surface area contributed by atoms with Gasteiger partial charge in [-0.15, -0.1) is 0 Å². The number of aromatic nitrogens is 3. The van der Waals surface area contributed by atoms with E-state index in [1.807, 2.05) is 37.7 Å². The number of nitrogens with two attached hydrogens (primary N) is 1. The van der Waals surface area contributed by atoms with Crippen molar-refractivity contribution in [1.29, 1.82) is 0 Å². The summed E-state index contributed by atoms with van der Waals surface area (Å²) in [5.41, 5.74) is 9.34. The van der Waals surface area contributed by atoms with Gasteiger partial charge in [-0.25, -0.2) is 4.98 Å². The second-order valence-corrected chi connectivity index (χ2v) is 4.39. The quantitative estimate of drug-likeness (QED) is 0.872. The second kappa shape index (κ2) is 4.67. The van der Waals surface area contributed by atoms with Gasteiger partial charge < -0.3 is 10.3 Å². The lowest BCUT2D eigenvalue weighted by molar-refractivity contribution is 0.652. The molecule has 0 aliphatic rings. The molecule has 0 aliphatic heterocycles. The summed E-state index contributed by atoms with van der Waals surface area (Å²) < 4.78 is 2.00. The highest BCUT2D eigenvalue weighted by Crippen LogP contribution is 2.17. The fourth-order valence-electron chi connectivity index (χ4n) is 1.99. The van der Waals surface area contributed by atoms with Crippen LogP contribution in [0.25, 0.3) is 0 Å². The molecule has 1 atom stereocenters. The number of imidazole rings is 1. The summed E-state index contributed by atoms with van der Waals surface area (Å²) in [6.45, 7) is 3.99. The van der Waals surface area contributed by atoms with Crippen molar-refractivity contribution in [3.05, 3.63) is 47.3 Å². The van der Waals surface area contributed by atoms with Crippen LogP contribution in [0.3, 0.4) is 0 Å². The zero-order valence-electron chi connectivity index (χ0n) is 10.5. The summed E-state index contributed by atoms with van der Waals surface area (Å²) in [4.78, 5) is 8.73. The van der Waals surface area contributed by atoms with E-state index >= 15 is 0 Å². The summed E-state index contributed by atoms with van der Waals surface area (Å²) in [5.74, 6) is 0.998. The summed E-state index contributed by atoms with van der Waals surface area (Å²) in [6, 6.07) is 4.01. The lowest BCUT2D eigenvalue weighted by Crippen LogP contribution is -2.17. The third-order valence-electron chi connectivity index (χ3n) is 2.99. The molecule has 2 heterocycles. The average molecular weight is 230 g/mol. The van der Waals surface area contributed by atoms with Crippen LogP contribution in [-0.2, 0) is 13.5 Å². The van der Waals surface area contributed by atoms with E-state index in [1.165, 1.54) is 0 Å². The average Bonchev–Trinajstić information content (AvgIpc) is 2.64. The number of hydrogen-bond acceptors (Lipinski definition) is 3. The van der Waals surface area contributed by atoms with Crippen molar-refractivity contribution < 1.29 is 0 Å². The first-order valence-electron chi connectivity index (χ1n) is 5.74. The van der Waals surface area contributed by atoms with Crippen LogP contribution in [0.1, 0.15) is 28.8 Å². The zero-order valence-corrected chi connectivity index (χ0v) is 10.5. The Bertz CT molecular complexity index is 516. The molecule has 0 spiro atoms. The van der Waals surface area contributed by atoms with Gasteiger partial charge in [-0.3, -0.25) is 4.98 Å². The van der Waals surface area contributed by atoms with Crippen LogP contribution in [0.4, 0.5) is 0 Å². The van der Waals surface area contributed by atoms with Crippen LogP contribution in [0.5, 0.6) is 0 Å². The van der Waals surface area contributed by atoms with Gasteiger partial charge in [0.2, 0.25) is 0 Å². The lowest BCUT2D eigenvalue weighted by Gasteiger charge is -2.14. The molecule has 0 saturated carbocycles. The maximum Gasteiger partial charge on any atom is 0.110 e. The molecule has 17 heavy (non-hydrogen) atoms. The fraction of sp³-hybridized carbons (Fsp3) is 0.385. The molecule has 90 valence electrons. The highest BCUT2D eigenvalue weighted by atomic mass is 15.0. The van der Waals surface area contributed by atoms with E-state index < -0.39 is 0 Å². The molecule has 2 aromatic heterocycles. The van der Waals surface area contributed by atoms with Crippen LogP contribution in [0.15, 0.2) is 24.5 Å². The van der Waals surface area contributed by atoms with Gasteiger partial charge in [0.1, 0.15) is 5.82 Å². The Kier molecular flexibility index (Phi) is 3.24. The molecule has 0 amide bonds. The lowest BCUT2D eigenvalue weighted by atomic mass is 10.0. The number of rotatable bonds is 3. The molecular weight excluding hydrogens is 212 g/mol. The Morgan fingerprint density at radius 3 is 2.71 bits per heavy atom. The summed E-state index contributed by atoms with van der Waals surface area (Å²) in [5, 5.41) is 0. The first-order chi connectivity index (χ1) is 8.08. The van der Waals surface area contributed by atoms with Gasteiger partial charge in [0, 0.05) is 43.3 Å². The van der Waals surface area contributed by atoms with Crippen molar-refractivity contribution >= 4 is 0 Å². The van der Waals surface area contributed by atoms with Gasteiger partial charge in [-0.2, -0.15) is 0 Å². The van der Waals surface area contributed by atoms with Crippen LogP contribution in [0.2, 0.25) is 0 Å². The molecule has 0 aliphatic carbocycles. The highest BCUT2D eigenvalue weighted by molar-refractivity contribution is 5.25. The van der Waals surface area contributed by atoms with Crippen LogP contribution >= 0.6 is 0 Å². The van der Waals surface area contributed by atoms with Crippen LogP contribution < -0.4 is 5.73 Å². The minimum Gasteiger partial charge on any atom is -0.338 e. The Labute approximate surface area is 102 Å². The highest BCUT2D eigenvalue weighted by Gasteiger charge is 2.12. The van der Waals surface area contributed by atoms with E-state index in [-0.39, 0.29) is 6.04 Å². The van der Waals surface area contributed by atoms with E-state index in [9.17, 15) is 0 Å². The third kappa shape index (κ3) is 2.53. The number of hydrogen-bond donors (Lipinski definition) is 1. The van der Waals surface area contributed by atoms with E-state index in [1.54, 1.807) is 6.20 Å². The summed E-state index contributed by atoms with van der Waals surface area (Å²) in [6.07, 6.45) is 4.46. The number of nitrogens with zero attached hydrogens (tertiary/aromatic N) is 3. The molecule has 4 nitrogen and oxygen atoms in total. The molecular formula is C13H18N4. The van der Waals surface area contributed by atoms with Crippen molar-refractivity contribution in [3.63, 3.8) is 0 Å². The Balaban J connectivity index is 2.20. The first-order valence-corrected chi connectivity index (χ1v) is 5.74. The third-order valence-corrected chi connectivity index (χ3v) is 2.99. The predicted octanol–water partition coefficient (Wildman–Crippen LogP) is 1.67. The molecule has 2 aromatic rings. The summed E-state index contributed by atoms with van der Waals surface area (Å²) >= 11 is 0. The van der Waals surface area contributed by atoms with Gasteiger partial charge >= 0.3 is 0 Å². The topological polar surface area (TPSA) is 56.7 Å². The molecule has 0 fully saturated rings. The van der Waals surface area contributed by atoms with Crippen molar-refractivity contribution in [2.45, 2.75) is 26.3 Å². The first kappa shape index (κ1) is 11.8. The molecule has 4 heteroatoms. The van der Waals surface area contributed by atoms with Crippen molar-refractivity contribution in [1.82, 2.24) is 14.5 Å². The summed E-state index contributed by atoms with van der Waals surface area (Å²) in [7, 11) is 1.98. The van der Waals surface area contributed by atoms with Gasteiger partial charge in [0.05, 0.1) is 0 Å². The molecule has 0 aromatic carbocycles. The Hall–Kier alpha value is -1.68. The number of aryl methyl sites for hydroxylation is 3. The largest absolute Gasteiger partial charge is 0.338 e. The monoisotopic (exact) mass is 230 g/mol. The standard InChI is InChI=1S/C13H18N4/c1-9-4-5-11(10(2)16-9)12(14)8-13-15-6-7-17(13)3/h4-7,12H,8,14H2,1-3H3. The second-order valence-electron chi connectivity index (χ2n) is 4.39. The smallest absolute Gasteiger partial charge is 0.110 e. The molecule has 0 bridgehead atoms. The van der Waals surface area contributed by atoms with E-state index in [2.05, 4.69) is 16.0 Å². The van der Waals surface area contributed by atoms with E-state index in [4.69, 9.17) is 5.73 Å². The molecule has 2 N–H and O–H groups in total. The minimum absolute atomic E-state index is 0.0517. The van der Waals surface area contributed by atoms with E-state index in [0.717, 1.165) is 29.2 Å². The normalized spacial score (nSPS) is 12.7. The predicted molar refractivity (Wildman–Crippen MR) is 67.6 cm³/mol. The van der Waals surface area contributed by atoms with Gasteiger partial charge in [0.15, 0.2) is 0 Å². The molecule has 1 unspecified atom stereocenters. The molecule has 0 radical (unpaired) electrons. The van der Waals surface area contributed by atoms with Crippen LogP contribution in [0, 0.1) is 13.8 Å². The van der Waals surface area contributed by atoms with Gasteiger partial charge in [-0.05, 0) is 25.5 Å². The molecule has 0 saturated heterocycles. The van der Waals surface area contributed by atoms with Crippen molar-refractivity contribution in [2.24, 2.45) is 12.8 Å².